The molecular formula is C20H20N2O3S. The minimum absolute atomic E-state index is 0.0488. The zero-order chi connectivity index (χ0) is 18.5. The molecule has 0 amide bonds. The smallest absolute Gasteiger partial charge is 0.308 e. The molecule has 0 saturated heterocycles. The number of nitrogens with one attached hydrogen (secondary N) is 1. The van der Waals surface area contributed by atoms with Gasteiger partial charge in [0.15, 0.2) is 5.13 Å². The van der Waals surface area contributed by atoms with E-state index in [1.807, 2.05) is 36.4 Å². The summed E-state index contributed by atoms with van der Waals surface area (Å²) in [5.41, 5.74) is 3.75. The molecule has 6 heteroatoms. The molecule has 0 radical (unpaired) electrons. The quantitative estimate of drug-likeness (QED) is 0.629. The first kappa shape index (κ1) is 17.9. The van der Waals surface area contributed by atoms with Crippen LogP contribution >= 0.6 is 11.3 Å². The molecule has 0 unspecified atom stereocenters. The molecule has 1 heterocycles. The van der Waals surface area contributed by atoms with Gasteiger partial charge in [0, 0.05) is 16.1 Å². The number of anilines is 2. The van der Waals surface area contributed by atoms with Crippen LogP contribution in [0.3, 0.4) is 0 Å². The van der Waals surface area contributed by atoms with Crippen molar-refractivity contribution in [1.82, 2.24) is 4.98 Å². The van der Waals surface area contributed by atoms with E-state index in [4.69, 9.17) is 4.74 Å². The second-order valence-corrected chi connectivity index (χ2v) is 6.85. The van der Waals surface area contributed by atoms with Crippen molar-refractivity contribution < 1.29 is 14.6 Å². The van der Waals surface area contributed by atoms with Gasteiger partial charge in [-0.1, -0.05) is 31.2 Å². The number of ether oxygens (including phenoxy) is 1. The number of thiazole rings is 1. The molecule has 2 N–H and O–H groups in total. The van der Waals surface area contributed by atoms with Gasteiger partial charge in [-0.05, 0) is 36.2 Å². The SMILES string of the molecule is CCc1ccc(-c2nc(Nc3ccc(OC)cc3)sc2CC(=O)O)cc1. The van der Waals surface area contributed by atoms with Gasteiger partial charge in [-0.2, -0.15) is 0 Å². The van der Waals surface area contributed by atoms with Gasteiger partial charge in [-0.15, -0.1) is 11.3 Å². The topological polar surface area (TPSA) is 71.5 Å². The van der Waals surface area contributed by atoms with Crippen LogP contribution < -0.4 is 10.1 Å². The second-order valence-electron chi connectivity index (χ2n) is 5.77. The number of carboxylic acid groups (broad SMARTS) is 1. The lowest BCUT2D eigenvalue weighted by Gasteiger charge is -2.04. The molecule has 0 spiro atoms. The predicted octanol–water partition coefficient (Wildman–Crippen LogP) is 4.75. The third-order valence-corrected chi connectivity index (χ3v) is 4.96. The third-order valence-electron chi connectivity index (χ3n) is 3.99. The van der Waals surface area contributed by atoms with E-state index < -0.39 is 5.97 Å². The third kappa shape index (κ3) is 4.21. The zero-order valence-electron chi connectivity index (χ0n) is 14.7. The van der Waals surface area contributed by atoms with Crippen LogP contribution in [0, 0.1) is 0 Å². The number of methoxy groups -OCH3 is 1. The fraction of sp³-hybridized carbons (Fsp3) is 0.200. The summed E-state index contributed by atoms with van der Waals surface area (Å²) in [5, 5.41) is 13.1. The summed E-state index contributed by atoms with van der Waals surface area (Å²) in [6, 6.07) is 15.6. The van der Waals surface area contributed by atoms with Crippen molar-refractivity contribution in [2.75, 3.05) is 12.4 Å². The molecule has 134 valence electrons. The van der Waals surface area contributed by atoms with Crippen LogP contribution in [0.25, 0.3) is 11.3 Å². The molecule has 2 aromatic carbocycles. The lowest BCUT2D eigenvalue weighted by molar-refractivity contribution is -0.136. The Morgan fingerprint density at radius 1 is 1.15 bits per heavy atom. The highest BCUT2D eigenvalue weighted by Gasteiger charge is 2.16. The fourth-order valence-corrected chi connectivity index (χ4v) is 3.58. The number of benzene rings is 2. The average Bonchev–Trinajstić information content (AvgIpc) is 3.04. The minimum atomic E-state index is -0.865. The summed E-state index contributed by atoms with van der Waals surface area (Å²) < 4.78 is 5.16. The normalized spacial score (nSPS) is 10.5. The molecule has 0 saturated carbocycles. The standard InChI is InChI=1S/C20H20N2O3S/c1-3-13-4-6-14(7-5-13)19-17(12-18(23)24)26-20(22-19)21-15-8-10-16(25-2)11-9-15/h4-11H,3,12H2,1-2H3,(H,21,22)(H,23,24). The van der Waals surface area contributed by atoms with Crippen molar-refractivity contribution in [1.29, 1.82) is 0 Å². The number of hydrogen-bond acceptors (Lipinski definition) is 5. The number of rotatable bonds is 7. The lowest BCUT2D eigenvalue weighted by atomic mass is 10.1. The van der Waals surface area contributed by atoms with E-state index in [-0.39, 0.29) is 6.42 Å². The molecule has 0 bridgehead atoms. The minimum Gasteiger partial charge on any atom is -0.497 e. The highest BCUT2D eigenvalue weighted by molar-refractivity contribution is 7.16. The molecule has 0 aliphatic rings. The highest BCUT2D eigenvalue weighted by atomic mass is 32.1. The monoisotopic (exact) mass is 368 g/mol. The maximum atomic E-state index is 11.2. The van der Waals surface area contributed by atoms with Crippen LogP contribution in [-0.4, -0.2) is 23.2 Å². The van der Waals surface area contributed by atoms with E-state index in [9.17, 15) is 9.90 Å². The second kappa shape index (κ2) is 8.01. The number of aromatic nitrogens is 1. The number of hydrogen-bond donors (Lipinski definition) is 2. The first-order chi connectivity index (χ1) is 12.6. The van der Waals surface area contributed by atoms with Crippen LogP contribution in [-0.2, 0) is 17.6 Å². The molecule has 0 atom stereocenters. The lowest BCUT2D eigenvalue weighted by Crippen LogP contribution is -1.99. The molecule has 5 nitrogen and oxygen atoms in total. The van der Waals surface area contributed by atoms with Crippen molar-refractivity contribution in [3.05, 3.63) is 59.0 Å². The van der Waals surface area contributed by atoms with Crippen LogP contribution in [0.1, 0.15) is 17.4 Å². The maximum absolute atomic E-state index is 11.2. The van der Waals surface area contributed by atoms with Gasteiger partial charge >= 0.3 is 5.97 Å². The van der Waals surface area contributed by atoms with Crippen LogP contribution in [0.5, 0.6) is 5.75 Å². The molecular weight excluding hydrogens is 348 g/mol. The van der Waals surface area contributed by atoms with E-state index in [0.717, 1.165) is 34.0 Å². The van der Waals surface area contributed by atoms with E-state index in [1.54, 1.807) is 7.11 Å². The molecule has 3 rings (SSSR count). The average molecular weight is 368 g/mol. The van der Waals surface area contributed by atoms with Gasteiger partial charge in [-0.25, -0.2) is 4.98 Å². The van der Waals surface area contributed by atoms with Crippen molar-refractivity contribution in [3.8, 4) is 17.0 Å². The number of nitrogens with zero attached hydrogens (tertiary/aromatic N) is 1. The van der Waals surface area contributed by atoms with E-state index in [1.165, 1.54) is 16.9 Å². The van der Waals surface area contributed by atoms with E-state index in [2.05, 4.69) is 29.4 Å². The van der Waals surface area contributed by atoms with E-state index in [0.29, 0.717) is 5.13 Å². The molecule has 0 aliphatic carbocycles. The molecule has 3 aromatic rings. The molecule has 26 heavy (non-hydrogen) atoms. The van der Waals surface area contributed by atoms with Crippen LogP contribution in [0.15, 0.2) is 48.5 Å². The number of aliphatic carboxylic acids is 1. The number of carboxylic acids is 1. The van der Waals surface area contributed by atoms with Crippen LogP contribution in [0.4, 0.5) is 10.8 Å². The Bertz CT molecular complexity index is 886. The summed E-state index contributed by atoms with van der Waals surface area (Å²) in [7, 11) is 1.62. The van der Waals surface area contributed by atoms with Crippen molar-refractivity contribution in [2.45, 2.75) is 19.8 Å². The highest BCUT2D eigenvalue weighted by Crippen LogP contribution is 2.33. The molecule has 1 aromatic heterocycles. The van der Waals surface area contributed by atoms with Gasteiger partial charge in [0.25, 0.3) is 0 Å². The Hall–Kier alpha value is -2.86. The Labute approximate surface area is 156 Å². The van der Waals surface area contributed by atoms with Crippen molar-refractivity contribution >= 4 is 28.1 Å². The summed E-state index contributed by atoms with van der Waals surface area (Å²) in [6.45, 7) is 2.10. The summed E-state index contributed by atoms with van der Waals surface area (Å²) in [6.07, 6.45) is 0.913. The van der Waals surface area contributed by atoms with Gasteiger partial charge < -0.3 is 15.2 Å². The predicted molar refractivity (Wildman–Crippen MR) is 105 cm³/mol. The molecule has 0 aliphatic heterocycles. The van der Waals surface area contributed by atoms with Crippen LogP contribution in [0.2, 0.25) is 0 Å². The van der Waals surface area contributed by atoms with Crippen molar-refractivity contribution in [2.24, 2.45) is 0 Å². The Balaban J connectivity index is 1.90. The van der Waals surface area contributed by atoms with Gasteiger partial charge in [0.2, 0.25) is 0 Å². The Morgan fingerprint density at radius 3 is 2.42 bits per heavy atom. The summed E-state index contributed by atoms with van der Waals surface area (Å²) in [5.74, 6) is -0.0889. The van der Waals surface area contributed by atoms with Crippen molar-refractivity contribution in [3.63, 3.8) is 0 Å². The Kier molecular flexibility index (Phi) is 5.53. The fourth-order valence-electron chi connectivity index (χ4n) is 2.58. The zero-order valence-corrected chi connectivity index (χ0v) is 15.5. The summed E-state index contributed by atoms with van der Waals surface area (Å²) in [4.78, 5) is 16.6. The van der Waals surface area contributed by atoms with Gasteiger partial charge in [0.05, 0.1) is 19.2 Å². The molecule has 0 fully saturated rings. The number of carbonyl (C=O) groups is 1. The Morgan fingerprint density at radius 2 is 1.85 bits per heavy atom. The van der Waals surface area contributed by atoms with E-state index >= 15 is 0 Å². The first-order valence-electron chi connectivity index (χ1n) is 8.31. The number of aryl methyl sites for hydroxylation is 1. The largest absolute Gasteiger partial charge is 0.497 e. The first-order valence-corrected chi connectivity index (χ1v) is 9.12. The van der Waals surface area contributed by atoms with Gasteiger partial charge in [-0.3, -0.25) is 4.79 Å². The summed E-state index contributed by atoms with van der Waals surface area (Å²) >= 11 is 1.36. The van der Waals surface area contributed by atoms with Gasteiger partial charge in [0.1, 0.15) is 5.75 Å². The maximum Gasteiger partial charge on any atom is 0.308 e.